The second-order valence-corrected chi connectivity index (χ2v) is 2.06. The molecule has 1 aromatic rings. The number of carboxylic acids is 2. The van der Waals surface area contributed by atoms with Crippen LogP contribution in [0.15, 0.2) is 12.3 Å². The van der Waals surface area contributed by atoms with Gasteiger partial charge < -0.3 is 41.7 Å². The van der Waals surface area contributed by atoms with Gasteiger partial charge in [-0.05, 0) is 6.07 Å². The summed E-state index contributed by atoms with van der Waals surface area (Å²) in [6.45, 7) is -0.465. The van der Waals surface area contributed by atoms with Crippen LogP contribution in [0, 0.1) is 0 Å². The molecule has 0 saturated heterocycles. The van der Waals surface area contributed by atoms with E-state index in [1.165, 1.54) is 6.20 Å². The van der Waals surface area contributed by atoms with E-state index >= 15 is 0 Å². The van der Waals surface area contributed by atoms with Crippen molar-refractivity contribution in [1.29, 1.82) is 0 Å². The molecular weight excluding hydrogens is 287 g/mol. The van der Waals surface area contributed by atoms with Crippen LogP contribution in [-0.2, 0) is 49.7 Å². The van der Waals surface area contributed by atoms with E-state index in [-0.39, 0.29) is 44.1 Å². The van der Waals surface area contributed by atoms with Gasteiger partial charge in [0.2, 0.25) is 0 Å². The van der Waals surface area contributed by atoms with E-state index in [9.17, 15) is 19.8 Å². The number of rotatable bonds is 3. The summed E-state index contributed by atoms with van der Waals surface area (Å²) in [7, 11) is 0. The fraction of sp³-hybridized carbons (Fsp3) is 0.167. The average Bonchev–Trinajstić information content (AvgIpc) is 2.34. The van der Waals surface area contributed by atoms with Gasteiger partial charge in [-0.1, -0.05) is 0 Å². The van der Waals surface area contributed by atoms with Crippen molar-refractivity contribution in [2.45, 2.75) is 6.54 Å². The molecule has 0 radical (unpaired) electrons. The molecule has 0 amide bonds. The zero-order valence-corrected chi connectivity index (χ0v) is 9.50. The van der Waals surface area contributed by atoms with Gasteiger partial charge >= 0.3 is 16.5 Å². The predicted octanol–water partition coefficient (Wildman–Crippen LogP) is -6.69. The summed E-state index contributed by atoms with van der Waals surface area (Å²) in [6.07, 6.45) is 1.22. The van der Waals surface area contributed by atoms with Crippen molar-refractivity contribution in [3.05, 3.63) is 18.0 Å². The molecule has 0 spiro atoms. The minimum Gasteiger partial charge on any atom is -0.548 e. The van der Waals surface area contributed by atoms with Gasteiger partial charge in [-0.3, -0.25) is 4.68 Å². The van der Waals surface area contributed by atoms with Crippen molar-refractivity contribution >= 4 is 11.9 Å². The Kier molecular flexibility index (Phi) is 21.8. The summed E-state index contributed by atoms with van der Waals surface area (Å²) in [4.78, 5) is 20.2. The van der Waals surface area contributed by atoms with Crippen molar-refractivity contribution in [1.82, 2.24) is 9.78 Å². The summed E-state index contributed by atoms with van der Waals surface area (Å²) in [5.41, 5.74) is -0.295. The summed E-state index contributed by atoms with van der Waals surface area (Å²) < 4.78 is 0.945. The standard InChI is InChI=1S/C6H6N2O4.Ni.4H2O/c9-5(10)3-8-2-1-4(7-8)6(11)12;;;;;/h1-2H,3H2,(H,9,10)(H,11,12);;4*1H2/q;+2;;;;/p+2. The number of carbonyl (C=O) groups excluding carboxylic acids is 2. The topological polar surface area (TPSA) is 230 Å². The van der Waals surface area contributed by atoms with Crippen LogP contribution in [0.2, 0.25) is 0 Å². The number of hydrogen-bond donors (Lipinski definition) is 0. The zero-order valence-electron chi connectivity index (χ0n) is 8.51. The maximum atomic E-state index is 10.2. The summed E-state index contributed by atoms with van der Waals surface area (Å²) in [6, 6.07) is 1.15. The number of carbonyl (C=O) groups is 2. The Labute approximate surface area is 105 Å². The van der Waals surface area contributed by atoms with E-state index in [0.717, 1.165) is 10.7 Å². The van der Waals surface area contributed by atoms with Crippen LogP contribution in [0.5, 0.6) is 0 Å². The minimum atomic E-state index is -1.44. The van der Waals surface area contributed by atoms with Gasteiger partial charge in [0, 0.05) is 6.20 Å². The Hall–Kier alpha value is -1.52. The van der Waals surface area contributed by atoms with E-state index in [1.807, 2.05) is 0 Å². The molecule has 104 valence electrons. The Bertz CT molecular complexity index is 328. The molecule has 0 bridgehead atoms. The van der Waals surface area contributed by atoms with Crippen LogP contribution in [0.1, 0.15) is 10.5 Å². The first-order valence-electron chi connectivity index (χ1n) is 3.04. The minimum absolute atomic E-state index is 0. The molecule has 11 heteroatoms. The third kappa shape index (κ3) is 9.41. The predicted molar refractivity (Wildman–Crippen MR) is 51.1 cm³/mol. The summed E-state index contributed by atoms with van der Waals surface area (Å²) in [5.74, 6) is -2.77. The van der Waals surface area contributed by atoms with E-state index in [4.69, 9.17) is 0 Å². The molecule has 0 aliphatic rings. The number of aromatic carboxylic acids is 1. The van der Waals surface area contributed by atoms with Crippen molar-refractivity contribution in [2.75, 3.05) is 0 Å². The molecule has 10 nitrogen and oxygen atoms in total. The molecular formula is C6H16N2NiO8+4. The van der Waals surface area contributed by atoms with Crippen LogP contribution >= 0.6 is 0 Å². The summed E-state index contributed by atoms with van der Waals surface area (Å²) in [5, 5.41) is 23.5. The SMILES string of the molecule is O=C([O-])Cn1ccc(C(=O)[O-])n1.[Ni+2].[OH3+].[OH3+].[OH3+].[OH3+]. The van der Waals surface area contributed by atoms with Crippen LogP contribution in [-0.4, -0.2) is 21.7 Å². The van der Waals surface area contributed by atoms with Gasteiger partial charge in [0.25, 0.3) is 0 Å². The Morgan fingerprint density at radius 1 is 1.18 bits per heavy atom. The maximum Gasteiger partial charge on any atom is 2.00 e. The molecule has 1 rings (SSSR count). The number of carboxylic acid groups (broad SMARTS) is 2. The van der Waals surface area contributed by atoms with E-state index in [0.29, 0.717) is 0 Å². The molecule has 0 unspecified atom stereocenters. The fourth-order valence-electron chi connectivity index (χ4n) is 0.691. The zero-order chi connectivity index (χ0) is 9.14. The first kappa shape index (κ1) is 29.6. The number of aromatic nitrogens is 2. The van der Waals surface area contributed by atoms with Crippen molar-refractivity contribution in [3.8, 4) is 0 Å². The van der Waals surface area contributed by atoms with Gasteiger partial charge in [-0.25, -0.2) is 0 Å². The first-order valence-corrected chi connectivity index (χ1v) is 3.04. The fourth-order valence-corrected chi connectivity index (χ4v) is 0.691. The normalized spacial score (nSPS) is 6.82. The Morgan fingerprint density at radius 2 is 1.65 bits per heavy atom. The number of hydrogen-bond acceptors (Lipinski definition) is 5. The number of nitrogens with zero attached hydrogens (tertiary/aromatic N) is 2. The Morgan fingerprint density at radius 3 is 1.94 bits per heavy atom. The van der Waals surface area contributed by atoms with Gasteiger partial charge in [0.15, 0.2) is 0 Å². The Balaban J connectivity index is -0.0000000960. The van der Waals surface area contributed by atoms with Gasteiger partial charge in [-0.2, -0.15) is 5.10 Å². The third-order valence-corrected chi connectivity index (χ3v) is 1.14. The molecule has 1 aromatic heterocycles. The van der Waals surface area contributed by atoms with E-state index in [1.54, 1.807) is 0 Å². The first-order chi connectivity index (χ1) is 5.59. The van der Waals surface area contributed by atoms with Gasteiger partial charge in [0.05, 0.1) is 18.5 Å². The molecule has 0 atom stereocenters. The van der Waals surface area contributed by atoms with Crippen molar-refractivity contribution in [3.63, 3.8) is 0 Å². The molecule has 0 aliphatic carbocycles. The van der Waals surface area contributed by atoms with Gasteiger partial charge in [-0.15, -0.1) is 0 Å². The van der Waals surface area contributed by atoms with Crippen LogP contribution in [0.4, 0.5) is 0 Å². The second kappa shape index (κ2) is 12.6. The second-order valence-electron chi connectivity index (χ2n) is 2.06. The maximum absolute atomic E-state index is 10.2. The quantitative estimate of drug-likeness (QED) is 0.390. The molecule has 1 heterocycles. The molecule has 12 N–H and O–H groups in total. The monoisotopic (exact) mass is 302 g/mol. The van der Waals surface area contributed by atoms with E-state index < -0.39 is 18.5 Å². The smallest absolute Gasteiger partial charge is 0.548 e. The van der Waals surface area contributed by atoms with Crippen LogP contribution in [0.3, 0.4) is 0 Å². The molecule has 17 heavy (non-hydrogen) atoms. The molecule has 0 saturated carbocycles. The van der Waals surface area contributed by atoms with Crippen molar-refractivity contribution < 1.29 is 58.2 Å². The number of aliphatic carboxylic acids is 1. The summed E-state index contributed by atoms with van der Waals surface area (Å²) >= 11 is 0. The molecule has 0 aromatic carbocycles. The van der Waals surface area contributed by atoms with Crippen LogP contribution < -0.4 is 10.2 Å². The van der Waals surface area contributed by atoms with Crippen LogP contribution in [0.25, 0.3) is 0 Å². The molecule has 0 fully saturated rings. The van der Waals surface area contributed by atoms with Crippen molar-refractivity contribution in [2.24, 2.45) is 0 Å². The average molecular weight is 303 g/mol. The third-order valence-electron chi connectivity index (χ3n) is 1.14. The van der Waals surface area contributed by atoms with Gasteiger partial charge in [0.1, 0.15) is 5.69 Å². The molecule has 0 aliphatic heterocycles. The van der Waals surface area contributed by atoms with E-state index in [2.05, 4.69) is 5.10 Å². The largest absolute Gasteiger partial charge is 2.00 e.